The van der Waals surface area contributed by atoms with Crippen LogP contribution in [0.15, 0.2) is 36.4 Å². The van der Waals surface area contributed by atoms with Crippen LogP contribution >= 0.6 is 0 Å². The van der Waals surface area contributed by atoms with E-state index >= 15 is 0 Å². The van der Waals surface area contributed by atoms with Crippen LogP contribution in [0, 0.1) is 0 Å². The maximum Gasteiger partial charge on any atom is 0.272 e. The highest BCUT2D eigenvalue weighted by Gasteiger charge is 2.14. The Morgan fingerprint density at radius 1 is 0.952 bits per heavy atom. The Morgan fingerprint density at radius 3 is 2.00 bits per heavy atom. The van der Waals surface area contributed by atoms with Gasteiger partial charge in [-0.25, -0.2) is 0 Å². The van der Waals surface area contributed by atoms with E-state index < -0.39 is 0 Å². The number of rotatable bonds is 3. The monoisotopic (exact) mass is 284 g/mol. The first-order valence-electron chi connectivity index (χ1n) is 6.89. The minimum atomic E-state index is -0.258. The van der Waals surface area contributed by atoms with Gasteiger partial charge in [0.1, 0.15) is 5.69 Å². The number of aromatic amines is 1. The molecule has 0 spiro atoms. The van der Waals surface area contributed by atoms with Crippen molar-refractivity contribution in [1.82, 2.24) is 4.98 Å². The molecule has 21 heavy (non-hydrogen) atoms. The molecular formula is C17H20N2O2. The average Bonchev–Trinajstić information content (AvgIpc) is 2.88. The summed E-state index contributed by atoms with van der Waals surface area (Å²) in [6.45, 7) is 7.88. The Morgan fingerprint density at radius 2 is 1.52 bits per heavy atom. The van der Waals surface area contributed by atoms with Gasteiger partial charge >= 0.3 is 0 Å². The van der Waals surface area contributed by atoms with Crippen molar-refractivity contribution in [2.24, 2.45) is 0 Å². The lowest BCUT2D eigenvalue weighted by molar-refractivity contribution is 0.101. The second-order valence-electron chi connectivity index (χ2n) is 6.12. The van der Waals surface area contributed by atoms with Gasteiger partial charge in [-0.15, -0.1) is 0 Å². The van der Waals surface area contributed by atoms with Gasteiger partial charge in [0, 0.05) is 12.6 Å². The molecule has 2 N–H and O–H groups in total. The van der Waals surface area contributed by atoms with Crippen molar-refractivity contribution in [2.45, 2.75) is 33.1 Å². The Bertz CT molecular complexity index is 661. The summed E-state index contributed by atoms with van der Waals surface area (Å²) in [7, 11) is 0. The third-order valence-corrected chi connectivity index (χ3v) is 3.32. The number of aromatic nitrogens is 1. The van der Waals surface area contributed by atoms with Crippen LogP contribution in [0.25, 0.3) is 0 Å². The van der Waals surface area contributed by atoms with Gasteiger partial charge in [0.2, 0.25) is 0 Å². The fraction of sp³-hybridized carbons (Fsp3) is 0.294. The standard InChI is InChI=1S/C17H20N2O2/c1-11(20)14-9-10-15(19-14)16(21)18-13-7-5-12(6-8-13)17(2,3)4/h5-10,19H,1-4H3,(H,18,21). The van der Waals surface area contributed by atoms with Gasteiger partial charge in [0.15, 0.2) is 5.78 Å². The third kappa shape index (κ3) is 3.60. The van der Waals surface area contributed by atoms with E-state index in [1.807, 2.05) is 24.3 Å². The second kappa shape index (κ2) is 5.56. The summed E-state index contributed by atoms with van der Waals surface area (Å²) in [5, 5.41) is 2.81. The molecule has 0 aliphatic heterocycles. The normalized spacial score (nSPS) is 11.2. The highest BCUT2D eigenvalue weighted by atomic mass is 16.2. The summed E-state index contributed by atoms with van der Waals surface area (Å²) in [6.07, 6.45) is 0. The lowest BCUT2D eigenvalue weighted by Crippen LogP contribution is -2.14. The molecule has 4 nitrogen and oxygen atoms in total. The zero-order chi connectivity index (χ0) is 15.6. The molecule has 2 aromatic rings. The van der Waals surface area contributed by atoms with Crippen molar-refractivity contribution in [3.05, 3.63) is 53.3 Å². The number of hydrogen-bond acceptors (Lipinski definition) is 2. The van der Waals surface area contributed by atoms with Gasteiger partial charge < -0.3 is 10.3 Å². The van der Waals surface area contributed by atoms with Crippen LogP contribution in [0.1, 0.15) is 54.2 Å². The minimum Gasteiger partial charge on any atom is -0.348 e. The summed E-state index contributed by atoms with van der Waals surface area (Å²) in [5.41, 5.74) is 2.83. The molecule has 0 saturated carbocycles. The van der Waals surface area contributed by atoms with E-state index in [0.29, 0.717) is 11.4 Å². The predicted octanol–water partition coefficient (Wildman–Crippen LogP) is 3.77. The van der Waals surface area contributed by atoms with Gasteiger partial charge in [0.25, 0.3) is 5.91 Å². The predicted molar refractivity (Wildman–Crippen MR) is 83.9 cm³/mol. The molecule has 0 unspecified atom stereocenters. The molecule has 2 rings (SSSR count). The molecule has 1 amide bonds. The maximum absolute atomic E-state index is 12.1. The lowest BCUT2D eigenvalue weighted by Gasteiger charge is -2.19. The Hall–Kier alpha value is -2.36. The van der Waals surface area contributed by atoms with Crippen molar-refractivity contribution < 1.29 is 9.59 Å². The Labute approximate surface area is 124 Å². The summed E-state index contributed by atoms with van der Waals surface area (Å²) in [4.78, 5) is 26.1. The maximum atomic E-state index is 12.1. The van der Waals surface area contributed by atoms with Crippen molar-refractivity contribution in [3.8, 4) is 0 Å². The second-order valence-corrected chi connectivity index (χ2v) is 6.12. The van der Waals surface area contributed by atoms with Crippen molar-refractivity contribution in [1.29, 1.82) is 0 Å². The molecule has 4 heteroatoms. The molecule has 1 heterocycles. The van der Waals surface area contributed by atoms with E-state index in [0.717, 1.165) is 5.69 Å². The highest BCUT2D eigenvalue weighted by molar-refractivity contribution is 6.04. The van der Waals surface area contributed by atoms with E-state index in [-0.39, 0.29) is 17.1 Å². The first-order valence-corrected chi connectivity index (χ1v) is 6.89. The average molecular weight is 284 g/mol. The Balaban J connectivity index is 2.10. The fourth-order valence-electron chi connectivity index (χ4n) is 1.98. The topological polar surface area (TPSA) is 62.0 Å². The van der Waals surface area contributed by atoms with Crippen LogP contribution in [0.4, 0.5) is 5.69 Å². The number of nitrogens with one attached hydrogen (secondary N) is 2. The van der Waals surface area contributed by atoms with Crippen LogP contribution in [-0.2, 0) is 5.41 Å². The van der Waals surface area contributed by atoms with E-state index in [9.17, 15) is 9.59 Å². The van der Waals surface area contributed by atoms with Crippen molar-refractivity contribution >= 4 is 17.4 Å². The summed E-state index contributed by atoms with van der Waals surface area (Å²) in [6, 6.07) is 11.0. The van der Waals surface area contributed by atoms with Crippen LogP contribution in [0.3, 0.4) is 0 Å². The van der Waals surface area contributed by atoms with Gasteiger partial charge in [-0.1, -0.05) is 32.9 Å². The molecule has 1 aromatic carbocycles. The van der Waals surface area contributed by atoms with E-state index in [2.05, 4.69) is 31.1 Å². The number of Topliss-reactive ketones (excluding diaryl/α,β-unsaturated/α-hetero) is 1. The summed E-state index contributed by atoms with van der Waals surface area (Å²) in [5.74, 6) is -0.352. The van der Waals surface area contributed by atoms with E-state index in [4.69, 9.17) is 0 Å². The first kappa shape index (κ1) is 15.0. The zero-order valence-electron chi connectivity index (χ0n) is 12.8. The quantitative estimate of drug-likeness (QED) is 0.843. The molecule has 0 bridgehead atoms. The van der Waals surface area contributed by atoms with Gasteiger partial charge in [-0.2, -0.15) is 0 Å². The number of benzene rings is 1. The molecule has 0 saturated heterocycles. The SMILES string of the molecule is CC(=O)c1ccc(C(=O)Nc2ccc(C(C)(C)C)cc2)[nH]1. The molecule has 0 atom stereocenters. The largest absolute Gasteiger partial charge is 0.348 e. The van der Waals surface area contributed by atoms with E-state index in [1.165, 1.54) is 12.5 Å². The molecule has 0 aliphatic rings. The summed E-state index contributed by atoms with van der Waals surface area (Å²) >= 11 is 0. The third-order valence-electron chi connectivity index (χ3n) is 3.32. The highest BCUT2D eigenvalue weighted by Crippen LogP contribution is 2.23. The van der Waals surface area contributed by atoms with E-state index in [1.54, 1.807) is 12.1 Å². The van der Waals surface area contributed by atoms with Crippen LogP contribution in [-0.4, -0.2) is 16.7 Å². The van der Waals surface area contributed by atoms with Crippen molar-refractivity contribution in [2.75, 3.05) is 5.32 Å². The number of hydrogen-bond donors (Lipinski definition) is 2. The lowest BCUT2D eigenvalue weighted by atomic mass is 9.87. The molecule has 1 aromatic heterocycles. The summed E-state index contributed by atoms with van der Waals surface area (Å²) < 4.78 is 0. The number of ketones is 1. The fourth-order valence-corrected chi connectivity index (χ4v) is 1.98. The molecule has 0 fully saturated rings. The van der Waals surface area contributed by atoms with Crippen molar-refractivity contribution in [3.63, 3.8) is 0 Å². The van der Waals surface area contributed by atoms with Crippen LogP contribution < -0.4 is 5.32 Å². The minimum absolute atomic E-state index is 0.0817. The number of carbonyl (C=O) groups excluding carboxylic acids is 2. The molecule has 0 radical (unpaired) electrons. The number of amides is 1. The molecule has 110 valence electrons. The number of H-pyrrole nitrogens is 1. The van der Waals surface area contributed by atoms with Crippen LogP contribution in [0.5, 0.6) is 0 Å². The first-order chi connectivity index (χ1) is 9.77. The van der Waals surface area contributed by atoms with Gasteiger partial charge in [-0.05, 0) is 35.2 Å². The zero-order valence-corrected chi connectivity index (χ0v) is 12.8. The molecule has 0 aliphatic carbocycles. The van der Waals surface area contributed by atoms with Gasteiger partial charge in [0.05, 0.1) is 5.69 Å². The Kier molecular flexibility index (Phi) is 3.98. The van der Waals surface area contributed by atoms with Gasteiger partial charge in [-0.3, -0.25) is 9.59 Å². The number of carbonyl (C=O) groups is 2. The molecular weight excluding hydrogens is 264 g/mol. The van der Waals surface area contributed by atoms with Crippen LogP contribution in [0.2, 0.25) is 0 Å². The smallest absolute Gasteiger partial charge is 0.272 e. The number of anilines is 1.